The van der Waals surface area contributed by atoms with Crippen molar-refractivity contribution in [2.45, 2.75) is 19.4 Å². The van der Waals surface area contributed by atoms with E-state index in [4.69, 9.17) is 4.42 Å². The maximum Gasteiger partial charge on any atom is 0.267 e. The molecule has 8 nitrogen and oxygen atoms in total. The van der Waals surface area contributed by atoms with Crippen LogP contribution in [0.4, 0.5) is 17.1 Å². The van der Waals surface area contributed by atoms with E-state index in [0.717, 1.165) is 27.9 Å². The van der Waals surface area contributed by atoms with Gasteiger partial charge in [-0.3, -0.25) is 14.4 Å². The highest BCUT2D eigenvalue weighted by Crippen LogP contribution is 2.38. The van der Waals surface area contributed by atoms with E-state index in [9.17, 15) is 19.5 Å². The van der Waals surface area contributed by atoms with Gasteiger partial charge in [-0.2, -0.15) is 0 Å². The summed E-state index contributed by atoms with van der Waals surface area (Å²) < 4.78 is 5.46. The third-order valence-corrected chi connectivity index (χ3v) is 6.10. The molecular weight excluding hydrogens is 418 g/mol. The lowest BCUT2D eigenvalue weighted by atomic mass is 10.0. The Morgan fingerprint density at radius 2 is 1.94 bits per heavy atom. The molecule has 0 saturated carbocycles. The van der Waals surface area contributed by atoms with Gasteiger partial charge < -0.3 is 25.1 Å². The molecular formula is C22H21N3O5S. The molecule has 3 N–H and O–H groups in total. The van der Waals surface area contributed by atoms with E-state index in [0.29, 0.717) is 6.42 Å². The van der Waals surface area contributed by atoms with Gasteiger partial charge in [-0.15, -0.1) is 11.3 Å². The number of anilines is 3. The maximum absolute atomic E-state index is 12.3. The number of fused-ring (bicyclic) bond motifs is 1. The number of furan rings is 1. The zero-order valence-corrected chi connectivity index (χ0v) is 18.0. The summed E-state index contributed by atoms with van der Waals surface area (Å²) in [6.45, 7) is 1.96. The van der Waals surface area contributed by atoms with Crippen molar-refractivity contribution in [3.63, 3.8) is 0 Å². The molecule has 2 aromatic heterocycles. The summed E-state index contributed by atoms with van der Waals surface area (Å²) in [6.07, 6.45) is 2.28. The molecule has 2 aromatic carbocycles. The Bertz CT molecular complexity index is 1340. The first-order valence-electron chi connectivity index (χ1n) is 9.68. The van der Waals surface area contributed by atoms with Crippen LogP contribution in [-0.2, 0) is 0 Å². The minimum atomic E-state index is -0.676. The van der Waals surface area contributed by atoms with E-state index < -0.39 is 10.9 Å². The van der Waals surface area contributed by atoms with Crippen LogP contribution >= 0.6 is 11.3 Å². The number of aromatic hydroxyl groups is 1. The molecule has 0 aliphatic heterocycles. The molecule has 4 aromatic rings. The smallest absolute Gasteiger partial charge is 0.267 e. The second kappa shape index (κ2) is 7.92. The van der Waals surface area contributed by atoms with Crippen LogP contribution in [0.15, 0.2) is 49.9 Å². The van der Waals surface area contributed by atoms with Crippen LogP contribution in [0, 0.1) is 0 Å². The number of hydrogen-bond donors (Lipinski definition) is 3. The fourth-order valence-electron chi connectivity index (χ4n) is 3.36. The Kier molecular flexibility index (Phi) is 5.28. The first-order valence-corrected chi connectivity index (χ1v) is 10.6. The van der Waals surface area contributed by atoms with Gasteiger partial charge in [0.05, 0.1) is 18.0 Å². The zero-order chi connectivity index (χ0) is 22.3. The van der Waals surface area contributed by atoms with Gasteiger partial charge in [-0.05, 0) is 24.1 Å². The number of nitrogens with one attached hydrogen (secondary N) is 2. The Morgan fingerprint density at radius 3 is 2.65 bits per heavy atom. The third kappa shape index (κ3) is 3.57. The number of carbonyl (C=O) groups excluding carboxylic acids is 1. The van der Waals surface area contributed by atoms with Gasteiger partial charge in [0, 0.05) is 24.9 Å². The highest BCUT2D eigenvalue weighted by Gasteiger charge is 2.26. The monoisotopic (exact) mass is 439 g/mol. The molecule has 4 rings (SSSR count). The van der Waals surface area contributed by atoms with Crippen LogP contribution in [0.25, 0.3) is 11.0 Å². The lowest BCUT2D eigenvalue weighted by Crippen LogP contribution is -2.37. The molecule has 1 amide bonds. The van der Waals surface area contributed by atoms with Crippen molar-refractivity contribution in [2.75, 3.05) is 24.7 Å². The van der Waals surface area contributed by atoms with Gasteiger partial charge in [-0.25, -0.2) is 0 Å². The highest BCUT2D eigenvalue weighted by molar-refractivity contribution is 7.13. The van der Waals surface area contributed by atoms with Crippen LogP contribution in [0.3, 0.4) is 0 Å². The van der Waals surface area contributed by atoms with E-state index >= 15 is 0 Å². The molecule has 31 heavy (non-hydrogen) atoms. The predicted molar refractivity (Wildman–Crippen MR) is 122 cm³/mol. The number of thiophene rings is 1. The summed E-state index contributed by atoms with van der Waals surface area (Å²) in [6, 6.07) is 7.43. The summed E-state index contributed by atoms with van der Waals surface area (Å²) >= 11 is 1.06. The number of rotatable bonds is 7. The molecule has 0 saturated heterocycles. The summed E-state index contributed by atoms with van der Waals surface area (Å²) in [5, 5.41) is 18.9. The topological polar surface area (TPSA) is 112 Å². The zero-order valence-electron chi connectivity index (χ0n) is 17.2. The van der Waals surface area contributed by atoms with Gasteiger partial charge in [0.15, 0.2) is 5.75 Å². The minimum Gasteiger partial charge on any atom is -0.504 e. The lowest BCUT2D eigenvalue weighted by molar-refractivity contribution is 0.0829. The largest absolute Gasteiger partial charge is 0.504 e. The molecule has 0 spiro atoms. The van der Waals surface area contributed by atoms with Gasteiger partial charge >= 0.3 is 0 Å². The molecule has 1 atom stereocenters. The highest BCUT2D eigenvalue weighted by atomic mass is 32.1. The predicted octanol–water partition coefficient (Wildman–Crippen LogP) is 3.80. The number of hydrogen-bond acceptors (Lipinski definition) is 8. The molecule has 0 aliphatic rings. The molecule has 160 valence electrons. The fourth-order valence-corrected chi connectivity index (χ4v) is 4.27. The van der Waals surface area contributed by atoms with Crippen LogP contribution in [0.1, 0.15) is 34.6 Å². The van der Waals surface area contributed by atoms with Crippen LogP contribution < -0.4 is 21.5 Å². The van der Waals surface area contributed by atoms with E-state index in [1.54, 1.807) is 20.4 Å². The van der Waals surface area contributed by atoms with Crippen molar-refractivity contribution in [3.05, 3.63) is 66.8 Å². The van der Waals surface area contributed by atoms with Gasteiger partial charge in [0.1, 0.15) is 21.8 Å². The van der Waals surface area contributed by atoms with E-state index in [2.05, 4.69) is 10.6 Å². The van der Waals surface area contributed by atoms with E-state index in [1.165, 1.54) is 10.3 Å². The molecule has 2 heterocycles. The standard InChI is InChI=1S/C22H21N3O5S/c1-4-13(12-6-5-11-7-8-30-15(11)9-12)23-16-17(20(28)19(16)27)24-14-10-31-21(18(14)26)22(29)25(2)3/h5-10,13,23-24,26H,4H2,1-3H3. The molecule has 0 fully saturated rings. The number of benzene rings is 1. The molecule has 1 unspecified atom stereocenters. The summed E-state index contributed by atoms with van der Waals surface area (Å²) in [5.41, 5.74) is 0.783. The average Bonchev–Trinajstić information content (AvgIpc) is 3.38. The van der Waals surface area contributed by atoms with E-state index in [-0.39, 0.29) is 39.6 Å². The Morgan fingerprint density at radius 1 is 1.19 bits per heavy atom. The fraction of sp³-hybridized carbons (Fsp3) is 0.227. The summed E-state index contributed by atoms with van der Waals surface area (Å²) in [4.78, 5) is 38.1. The van der Waals surface area contributed by atoms with Crippen LogP contribution in [0.2, 0.25) is 0 Å². The molecule has 0 aliphatic carbocycles. The van der Waals surface area contributed by atoms with Crippen LogP contribution in [0.5, 0.6) is 5.75 Å². The Balaban J connectivity index is 1.60. The van der Waals surface area contributed by atoms with Crippen molar-refractivity contribution in [3.8, 4) is 5.75 Å². The number of carbonyl (C=O) groups is 1. The third-order valence-electron chi connectivity index (χ3n) is 5.14. The van der Waals surface area contributed by atoms with Crippen molar-refractivity contribution in [2.24, 2.45) is 0 Å². The quantitative estimate of drug-likeness (QED) is 0.376. The van der Waals surface area contributed by atoms with E-state index in [1.807, 2.05) is 31.2 Å². The first-order chi connectivity index (χ1) is 14.8. The average molecular weight is 439 g/mol. The minimum absolute atomic E-state index is 0.0690. The number of amides is 1. The van der Waals surface area contributed by atoms with Crippen molar-refractivity contribution >= 4 is 45.3 Å². The van der Waals surface area contributed by atoms with Crippen molar-refractivity contribution in [1.29, 1.82) is 0 Å². The lowest BCUT2D eigenvalue weighted by Gasteiger charge is -2.22. The Hall–Kier alpha value is -3.59. The van der Waals surface area contributed by atoms with Gasteiger partial charge in [0.25, 0.3) is 16.8 Å². The van der Waals surface area contributed by atoms with Crippen molar-refractivity contribution < 1.29 is 14.3 Å². The second-order valence-corrected chi connectivity index (χ2v) is 8.26. The Labute approximate surface area is 181 Å². The normalized spacial score (nSPS) is 12.2. The van der Waals surface area contributed by atoms with Gasteiger partial charge in [-0.1, -0.05) is 19.1 Å². The van der Waals surface area contributed by atoms with Crippen molar-refractivity contribution in [1.82, 2.24) is 4.90 Å². The second-order valence-electron chi connectivity index (χ2n) is 7.38. The summed E-state index contributed by atoms with van der Waals surface area (Å²) in [5.74, 6) is -0.601. The van der Waals surface area contributed by atoms with Crippen LogP contribution in [-0.4, -0.2) is 30.0 Å². The number of nitrogens with zero attached hydrogens (tertiary/aromatic N) is 1. The SMILES string of the molecule is CCC(Nc1c(Nc2csc(C(=O)N(C)C)c2O)c(=O)c1=O)c1ccc2ccoc2c1. The molecule has 0 radical (unpaired) electrons. The summed E-state index contributed by atoms with van der Waals surface area (Å²) in [7, 11) is 3.16. The maximum atomic E-state index is 12.3. The molecule has 9 heteroatoms. The van der Waals surface area contributed by atoms with Gasteiger partial charge in [0.2, 0.25) is 0 Å². The first kappa shape index (κ1) is 20.7. The molecule has 0 bridgehead atoms.